The van der Waals surface area contributed by atoms with Gasteiger partial charge in [-0.25, -0.2) is 9.18 Å². The van der Waals surface area contributed by atoms with E-state index in [-0.39, 0.29) is 31.2 Å². The number of alkyl halides is 1. The van der Waals surface area contributed by atoms with Crippen molar-refractivity contribution in [2.75, 3.05) is 20.2 Å². The molecule has 1 amide bonds. The average molecular weight is 363 g/mol. The number of halogens is 1. The second-order valence-corrected chi connectivity index (χ2v) is 7.27. The topological polar surface area (TPSA) is 77.7 Å². The number of methoxy groups -OCH3 is 1. The van der Waals surface area contributed by atoms with E-state index in [9.17, 15) is 4.79 Å². The second-order valence-electron chi connectivity index (χ2n) is 7.27. The summed E-state index contributed by atoms with van der Waals surface area (Å²) in [4.78, 5) is 17.6. The molecule has 0 radical (unpaired) electrons. The summed E-state index contributed by atoms with van der Waals surface area (Å²) in [5.74, 6) is 0.855. The Hall–Kier alpha value is -2.64. The zero-order chi connectivity index (χ0) is 18.9. The van der Waals surface area contributed by atoms with E-state index in [0.29, 0.717) is 11.3 Å². The third-order valence-corrected chi connectivity index (χ3v) is 4.03. The lowest BCUT2D eigenvalue weighted by molar-refractivity contribution is 0.0240. The Morgan fingerprint density at radius 1 is 1.31 bits per heavy atom. The Kier molecular flexibility index (Phi) is 4.60. The summed E-state index contributed by atoms with van der Waals surface area (Å²) in [6.07, 6.45) is -0.469. The maximum absolute atomic E-state index is 15.3. The van der Waals surface area contributed by atoms with E-state index >= 15 is 4.39 Å². The molecule has 1 aliphatic rings. The number of aromatic nitrogens is 2. The number of benzene rings is 1. The summed E-state index contributed by atoms with van der Waals surface area (Å²) in [6, 6.07) is 7.05. The van der Waals surface area contributed by atoms with Gasteiger partial charge in [-0.2, -0.15) is 4.98 Å². The molecule has 1 atom stereocenters. The molecular weight excluding hydrogens is 341 g/mol. The predicted octanol–water partition coefficient (Wildman–Crippen LogP) is 3.55. The Balaban J connectivity index is 1.73. The maximum Gasteiger partial charge on any atom is 0.410 e. The van der Waals surface area contributed by atoms with Crippen LogP contribution in [0.15, 0.2) is 28.8 Å². The first-order valence-electron chi connectivity index (χ1n) is 8.36. The van der Waals surface area contributed by atoms with Crippen LogP contribution in [0.5, 0.6) is 5.75 Å². The Bertz CT molecular complexity index is 784. The van der Waals surface area contributed by atoms with Gasteiger partial charge in [0.1, 0.15) is 11.4 Å². The van der Waals surface area contributed by atoms with Crippen LogP contribution in [0.1, 0.15) is 33.1 Å². The Morgan fingerprint density at radius 2 is 2.00 bits per heavy atom. The molecule has 2 aromatic rings. The van der Waals surface area contributed by atoms with Crippen molar-refractivity contribution in [1.29, 1.82) is 0 Å². The minimum atomic E-state index is -1.88. The first-order chi connectivity index (χ1) is 12.2. The van der Waals surface area contributed by atoms with E-state index in [4.69, 9.17) is 14.0 Å². The van der Waals surface area contributed by atoms with E-state index in [1.165, 1.54) is 4.90 Å². The summed E-state index contributed by atoms with van der Waals surface area (Å²) in [6.45, 7) is 5.35. The molecule has 8 heteroatoms. The maximum atomic E-state index is 15.3. The number of ether oxygens (including phenoxy) is 2. The van der Waals surface area contributed by atoms with Crippen LogP contribution < -0.4 is 4.74 Å². The molecule has 3 rings (SSSR count). The van der Waals surface area contributed by atoms with Gasteiger partial charge in [0.2, 0.25) is 11.5 Å². The standard InChI is InChI=1S/C18H22FN3O4/c1-17(2,3)25-16(23)22-10-9-18(19,11-22)15-20-14(21-26-15)12-5-7-13(24-4)8-6-12/h5-8H,9-11H2,1-4H3. The fraction of sp³-hybridized carbons (Fsp3) is 0.500. The average Bonchev–Trinajstić information content (AvgIpc) is 3.21. The molecule has 0 saturated carbocycles. The summed E-state index contributed by atoms with van der Waals surface area (Å²) in [5.41, 5.74) is -1.83. The van der Waals surface area contributed by atoms with Gasteiger partial charge in [0.05, 0.1) is 13.7 Å². The second kappa shape index (κ2) is 6.59. The summed E-state index contributed by atoms with van der Waals surface area (Å²) >= 11 is 0. The highest BCUT2D eigenvalue weighted by atomic mass is 19.1. The van der Waals surface area contributed by atoms with E-state index < -0.39 is 17.4 Å². The molecule has 1 aliphatic heterocycles. The van der Waals surface area contributed by atoms with Crippen LogP contribution in [0, 0.1) is 0 Å². The normalized spacial score (nSPS) is 20.3. The van der Waals surface area contributed by atoms with Crippen molar-refractivity contribution >= 4 is 6.09 Å². The number of nitrogens with zero attached hydrogens (tertiary/aromatic N) is 3. The quantitative estimate of drug-likeness (QED) is 0.830. The van der Waals surface area contributed by atoms with Crippen molar-refractivity contribution < 1.29 is 23.2 Å². The smallest absolute Gasteiger partial charge is 0.410 e. The van der Waals surface area contributed by atoms with E-state index in [0.717, 1.165) is 0 Å². The van der Waals surface area contributed by atoms with Crippen LogP contribution in [0.2, 0.25) is 0 Å². The molecule has 1 aromatic carbocycles. The lowest BCUT2D eigenvalue weighted by Crippen LogP contribution is -2.37. The highest BCUT2D eigenvalue weighted by Crippen LogP contribution is 2.36. The van der Waals surface area contributed by atoms with Gasteiger partial charge in [0, 0.05) is 18.5 Å². The summed E-state index contributed by atoms with van der Waals surface area (Å²) < 4.78 is 30.8. The molecule has 0 N–H and O–H groups in total. The van der Waals surface area contributed by atoms with Crippen molar-refractivity contribution in [1.82, 2.24) is 15.0 Å². The van der Waals surface area contributed by atoms with Gasteiger partial charge < -0.3 is 18.9 Å². The van der Waals surface area contributed by atoms with Crippen molar-refractivity contribution in [3.63, 3.8) is 0 Å². The van der Waals surface area contributed by atoms with Crippen LogP contribution in [0.25, 0.3) is 11.4 Å². The zero-order valence-corrected chi connectivity index (χ0v) is 15.3. The molecule has 1 saturated heterocycles. The van der Waals surface area contributed by atoms with Crippen LogP contribution in [0.4, 0.5) is 9.18 Å². The van der Waals surface area contributed by atoms with E-state index in [1.54, 1.807) is 52.1 Å². The Morgan fingerprint density at radius 3 is 2.62 bits per heavy atom. The highest BCUT2D eigenvalue weighted by Gasteiger charge is 2.47. The predicted molar refractivity (Wildman–Crippen MR) is 91.5 cm³/mol. The largest absolute Gasteiger partial charge is 0.497 e. The number of rotatable bonds is 3. The van der Waals surface area contributed by atoms with Gasteiger partial charge >= 0.3 is 6.09 Å². The third-order valence-electron chi connectivity index (χ3n) is 4.03. The monoisotopic (exact) mass is 363 g/mol. The number of hydrogen-bond acceptors (Lipinski definition) is 6. The van der Waals surface area contributed by atoms with E-state index in [2.05, 4.69) is 10.1 Å². The van der Waals surface area contributed by atoms with Gasteiger partial charge in [-0.05, 0) is 45.0 Å². The van der Waals surface area contributed by atoms with E-state index in [1.807, 2.05) is 0 Å². The van der Waals surface area contributed by atoms with Gasteiger partial charge in [0.15, 0.2) is 0 Å². The fourth-order valence-electron chi connectivity index (χ4n) is 2.69. The van der Waals surface area contributed by atoms with Gasteiger partial charge in [-0.3, -0.25) is 0 Å². The Labute approximate surface area is 151 Å². The number of amides is 1. The minimum absolute atomic E-state index is 0.0798. The molecule has 26 heavy (non-hydrogen) atoms. The highest BCUT2D eigenvalue weighted by molar-refractivity contribution is 5.68. The van der Waals surface area contributed by atoms with Crippen LogP contribution >= 0.6 is 0 Å². The van der Waals surface area contributed by atoms with Crippen molar-refractivity contribution in [3.05, 3.63) is 30.2 Å². The molecule has 0 aliphatic carbocycles. The molecule has 1 aromatic heterocycles. The number of carbonyl (C=O) groups is 1. The first-order valence-corrected chi connectivity index (χ1v) is 8.36. The summed E-state index contributed by atoms with van der Waals surface area (Å²) in [7, 11) is 1.57. The first kappa shape index (κ1) is 18.2. The lowest BCUT2D eigenvalue weighted by atomic mass is 10.1. The molecule has 1 unspecified atom stereocenters. The fourth-order valence-corrected chi connectivity index (χ4v) is 2.69. The number of hydrogen-bond donors (Lipinski definition) is 0. The number of carbonyl (C=O) groups excluding carboxylic acids is 1. The van der Waals surface area contributed by atoms with Gasteiger partial charge in [-0.15, -0.1) is 0 Å². The molecule has 7 nitrogen and oxygen atoms in total. The van der Waals surface area contributed by atoms with Gasteiger partial charge in [-0.1, -0.05) is 5.16 Å². The lowest BCUT2D eigenvalue weighted by Gasteiger charge is -2.24. The van der Waals surface area contributed by atoms with Crippen LogP contribution in [0.3, 0.4) is 0 Å². The zero-order valence-electron chi connectivity index (χ0n) is 15.3. The van der Waals surface area contributed by atoms with Crippen molar-refractivity contribution in [2.24, 2.45) is 0 Å². The molecule has 0 bridgehead atoms. The SMILES string of the molecule is COc1ccc(-c2noc(C3(F)CCN(C(=O)OC(C)(C)C)C3)n2)cc1. The number of likely N-dealkylation sites (tertiary alicyclic amines) is 1. The van der Waals surface area contributed by atoms with Crippen LogP contribution in [-0.4, -0.2) is 46.9 Å². The molecule has 0 spiro atoms. The minimum Gasteiger partial charge on any atom is -0.497 e. The summed E-state index contributed by atoms with van der Waals surface area (Å²) in [5, 5.41) is 3.86. The van der Waals surface area contributed by atoms with Crippen molar-refractivity contribution in [3.8, 4) is 17.1 Å². The molecule has 140 valence electrons. The molecular formula is C18H22FN3O4. The van der Waals surface area contributed by atoms with Crippen LogP contribution in [-0.2, 0) is 10.4 Å². The van der Waals surface area contributed by atoms with Crippen molar-refractivity contribution in [2.45, 2.75) is 38.5 Å². The van der Waals surface area contributed by atoms with Gasteiger partial charge in [0.25, 0.3) is 5.89 Å². The molecule has 1 fully saturated rings. The third kappa shape index (κ3) is 3.79. The molecule has 2 heterocycles.